The van der Waals surface area contributed by atoms with Gasteiger partial charge in [0, 0.05) is 0 Å². The smallest absolute Gasteiger partial charge is 2.00 e. The quantitative estimate of drug-likeness (QED) is 0.220. The van der Waals surface area contributed by atoms with Crippen LogP contribution in [0.3, 0.4) is 0 Å². The van der Waals surface area contributed by atoms with Crippen LogP contribution in [0, 0.1) is 107 Å². The van der Waals surface area contributed by atoms with Gasteiger partial charge in [0.25, 0.3) is 0 Å². The van der Waals surface area contributed by atoms with Gasteiger partial charge in [0.1, 0.15) is 0 Å². The maximum atomic E-state index is 0. The van der Waals surface area contributed by atoms with Gasteiger partial charge < -0.3 is 65.7 Å². The molecule has 0 aliphatic carbocycles. The Balaban J connectivity index is 0. The third-order valence-electron chi connectivity index (χ3n) is 0. The second-order valence-electron chi connectivity index (χ2n) is 0. The van der Waals surface area contributed by atoms with Crippen LogP contribution in [0.25, 0.3) is 0 Å². The van der Waals surface area contributed by atoms with E-state index in [9.17, 15) is 0 Å². The predicted molar refractivity (Wildman–Crippen MR) is 37.0 cm³/mol. The van der Waals surface area contributed by atoms with Crippen LogP contribution in [-0.2, 0) is 65.7 Å². The molecule has 0 atom stereocenters. The first-order chi connectivity index (χ1) is 0. The van der Waals surface area contributed by atoms with Gasteiger partial charge in [-0.25, -0.2) is 0 Å². The molecule has 0 saturated heterocycles. The van der Waals surface area contributed by atoms with Crippen molar-refractivity contribution in [2.75, 3.05) is 0 Å². The summed E-state index contributed by atoms with van der Waals surface area (Å²) in [5, 5.41) is 0. The molecule has 0 amide bonds. The van der Waals surface area contributed by atoms with Crippen LogP contribution in [0.2, 0.25) is 0 Å². The molecular weight excluding hydrogens is 744 g/mol. The summed E-state index contributed by atoms with van der Waals surface area (Å²) in [6, 6.07) is 0. The fourth-order valence-electron chi connectivity index (χ4n) is 0. The molecule has 0 bridgehead atoms. The van der Waals surface area contributed by atoms with Crippen molar-refractivity contribution < 1.29 is 173 Å². The first-order valence-electron chi connectivity index (χ1n) is 0. The molecule has 0 radical (unpaired) electrons. The topological polar surface area (TPSA) is 342 Å². The Bertz CT molecular complexity index is 27.1. The zero-order valence-electron chi connectivity index (χ0n) is 9.52. The summed E-state index contributed by atoms with van der Waals surface area (Å²) in [4.78, 5) is 0. The summed E-state index contributed by atoms with van der Waals surface area (Å²) in [6.45, 7) is 0. The molecule has 0 unspecified atom stereocenters. The Morgan fingerprint density at radius 1 is 0.150 bits per heavy atom. The van der Waals surface area contributed by atoms with Gasteiger partial charge in [0.05, 0.1) is 0 Å². The molecule has 0 saturated carbocycles. The maximum Gasteiger partial charge on any atom is 3.00 e. The van der Waals surface area contributed by atoms with Crippen molar-refractivity contribution in [1.82, 2.24) is 0 Å². The first-order valence-corrected chi connectivity index (χ1v) is 0. The van der Waals surface area contributed by atoms with E-state index in [-0.39, 0.29) is 259 Å². The number of rotatable bonds is 0. The van der Waals surface area contributed by atoms with Crippen LogP contribution in [0.4, 0.5) is 0 Å². The van der Waals surface area contributed by atoms with E-state index in [0.29, 0.717) is 0 Å². The van der Waals surface area contributed by atoms with Crippen molar-refractivity contribution in [3.63, 3.8) is 0 Å². The minimum Gasteiger partial charge on any atom is -2.00 e. The minimum atomic E-state index is 0. The molecule has 0 aromatic rings. The van der Waals surface area contributed by atoms with E-state index in [1.165, 1.54) is 0 Å². The third-order valence-corrected chi connectivity index (χ3v) is 0. The second-order valence-corrected chi connectivity index (χ2v) is 0. The van der Waals surface area contributed by atoms with Gasteiger partial charge in [-0.2, -0.15) is 0 Å². The van der Waals surface area contributed by atoms with E-state index >= 15 is 0 Å². The molecule has 0 spiro atoms. The fraction of sp³-hybridized carbons (Fsp3) is 0. The van der Waals surface area contributed by atoms with E-state index in [0.717, 1.165) is 0 Å². The molecule has 96 valence electrons. The van der Waals surface area contributed by atoms with E-state index in [2.05, 4.69) is 0 Å². The summed E-state index contributed by atoms with van der Waals surface area (Å²) in [5.41, 5.74) is 0. The van der Waals surface area contributed by atoms with Gasteiger partial charge in [-0.15, -0.1) is 0 Å². The Kier molecular flexibility index (Phi) is 10000. The Morgan fingerprint density at radius 2 is 0.150 bits per heavy atom. The zero-order chi connectivity index (χ0) is 0. The largest absolute Gasteiger partial charge is 3.00 e. The average molecular weight is 744 g/mol. The Labute approximate surface area is 254 Å². The standard InChI is InChI=1S/5Al.3La.12O/q8*+3;12*-2. The van der Waals surface area contributed by atoms with Gasteiger partial charge in [-0.05, 0) is 0 Å². The summed E-state index contributed by atoms with van der Waals surface area (Å²) in [6.07, 6.45) is 0. The Hall–Kier alpha value is 5.77. The summed E-state index contributed by atoms with van der Waals surface area (Å²) >= 11 is 0. The fourth-order valence-corrected chi connectivity index (χ4v) is 0. The molecular formula is Al5La3O12. The van der Waals surface area contributed by atoms with Gasteiger partial charge >= 0.3 is 194 Å². The monoisotopic (exact) mass is 744 g/mol. The van der Waals surface area contributed by atoms with Gasteiger partial charge in [0.15, 0.2) is 0 Å². The molecule has 0 rings (SSSR count). The van der Waals surface area contributed by atoms with Gasteiger partial charge in [-0.3, -0.25) is 0 Å². The predicted octanol–water partition coefficient (Wildman–Crippen LogP) is -3.33. The summed E-state index contributed by atoms with van der Waals surface area (Å²) in [5.74, 6) is 0. The molecule has 0 aromatic carbocycles. The molecule has 0 aliphatic rings. The third kappa shape index (κ3) is 370. The Morgan fingerprint density at radius 3 is 0.150 bits per heavy atom. The summed E-state index contributed by atoms with van der Waals surface area (Å²) < 4.78 is 0. The van der Waals surface area contributed by atoms with E-state index in [1.807, 2.05) is 0 Å². The molecule has 20 heavy (non-hydrogen) atoms. The minimum absolute atomic E-state index is 0. The molecule has 20 heteroatoms. The molecule has 0 heterocycles. The SMILES string of the molecule is [Al+3].[Al+3].[Al+3].[Al+3].[Al+3].[La+3].[La+3].[La+3].[O-2].[O-2].[O-2].[O-2].[O-2].[O-2].[O-2].[O-2].[O-2].[O-2].[O-2].[O-2]. The van der Waals surface area contributed by atoms with E-state index in [1.54, 1.807) is 0 Å². The molecule has 0 fully saturated rings. The van der Waals surface area contributed by atoms with Crippen molar-refractivity contribution in [1.29, 1.82) is 0 Å². The first kappa shape index (κ1) is 475. The van der Waals surface area contributed by atoms with Crippen LogP contribution >= 0.6 is 0 Å². The number of hydrogen-bond donors (Lipinski definition) is 0. The number of hydrogen-bond acceptors (Lipinski definition) is 0. The van der Waals surface area contributed by atoms with Crippen molar-refractivity contribution >= 4 is 86.8 Å². The molecule has 0 N–H and O–H groups in total. The molecule has 0 aromatic heterocycles. The average Bonchev–Trinajstić information content (AvgIpc) is 0. The van der Waals surface area contributed by atoms with Crippen LogP contribution < -0.4 is 0 Å². The van der Waals surface area contributed by atoms with Crippen LogP contribution in [0.1, 0.15) is 0 Å². The van der Waals surface area contributed by atoms with Crippen LogP contribution in [0.15, 0.2) is 0 Å². The van der Waals surface area contributed by atoms with Crippen molar-refractivity contribution in [2.24, 2.45) is 0 Å². The van der Waals surface area contributed by atoms with E-state index in [4.69, 9.17) is 0 Å². The molecule has 0 aliphatic heterocycles. The van der Waals surface area contributed by atoms with Crippen LogP contribution in [-0.4, -0.2) is 86.8 Å². The zero-order valence-corrected chi connectivity index (χ0v) is 26.2. The second kappa shape index (κ2) is 421. The summed E-state index contributed by atoms with van der Waals surface area (Å²) in [7, 11) is 0. The van der Waals surface area contributed by atoms with Crippen molar-refractivity contribution in [3.05, 3.63) is 0 Å². The van der Waals surface area contributed by atoms with E-state index < -0.39 is 0 Å². The van der Waals surface area contributed by atoms with Crippen molar-refractivity contribution in [2.45, 2.75) is 0 Å². The van der Waals surface area contributed by atoms with Crippen molar-refractivity contribution in [3.8, 4) is 0 Å². The normalized spacial score (nSPS) is 0. The van der Waals surface area contributed by atoms with Gasteiger partial charge in [-0.1, -0.05) is 0 Å². The maximum absolute atomic E-state index is 0. The van der Waals surface area contributed by atoms with Crippen LogP contribution in [0.5, 0.6) is 0 Å². The molecule has 12 nitrogen and oxygen atoms in total. The van der Waals surface area contributed by atoms with Gasteiger partial charge in [0.2, 0.25) is 0 Å².